The Labute approximate surface area is 150 Å². The third kappa shape index (κ3) is 3.40. The maximum absolute atomic E-state index is 12.7. The van der Waals surface area contributed by atoms with Gasteiger partial charge in [-0.25, -0.2) is 0 Å². The molecule has 2 aromatic carbocycles. The minimum Gasteiger partial charge on any atom is -0.315 e. The van der Waals surface area contributed by atoms with Gasteiger partial charge in [0.05, 0.1) is 5.92 Å². The Kier molecular flexibility index (Phi) is 4.78. The molecular weight excluding hydrogens is 347 g/mol. The van der Waals surface area contributed by atoms with Gasteiger partial charge in [0.2, 0.25) is 11.8 Å². The fourth-order valence-electron chi connectivity index (χ4n) is 2.87. The van der Waals surface area contributed by atoms with Gasteiger partial charge < -0.3 is 9.80 Å². The molecule has 1 saturated heterocycles. The standard InChI is InChI=1S/C18H16Cl2N2O2/c1-21(15-5-3-2-4-6-15)18(24)12-7-17(23)22(11-12)16-9-13(19)8-14(20)10-16/h2-6,8-10,12H,7,11H2,1H3. The van der Waals surface area contributed by atoms with Crippen LogP contribution in [-0.4, -0.2) is 25.4 Å². The van der Waals surface area contributed by atoms with Crippen LogP contribution in [-0.2, 0) is 9.59 Å². The lowest BCUT2D eigenvalue weighted by molar-refractivity contribution is -0.124. The summed E-state index contributed by atoms with van der Waals surface area (Å²) in [6.07, 6.45) is 0.181. The number of halogens is 2. The smallest absolute Gasteiger partial charge is 0.232 e. The van der Waals surface area contributed by atoms with Crippen LogP contribution in [0.15, 0.2) is 48.5 Å². The summed E-state index contributed by atoms with van der Waals surface area (Å²) in [6, 6.07) is 14.3. The summed E-state index contributed by atoms with van der Waals surface area (Å²) < 4.78 is 0. The number of amides is 2. The first kappa shape index (κ1) is 16.8. The molecule has 0 aromatic heterocycles. The van der Waals surface area contributed by atoms with E-state index in [-0.39, 0.29) is 24.2 Å². The van der Waals surface area contributed by atoms with Crippen molar-refractivity contribution >= 4 is 46.4 Å². The van der Waals surface area contributed by atoms with Crippen molar-refractivity contribution in [1.82, 2.24) is 0 Å². The largest absolute Gasteiger partial charge is 0.315 e. The lowest BCUT2D eigenvalue weighted by Crippen LogP contribution is -2.34. The Hall–Kier alpha value is -2.04. The third-order valence-corrected chi connectivity index (χ3v) is 4.54. The van der Waals surface area contributed by atoms with E-state index in [9.17, 15) is 9.59 Å². The minimum absolute atomic E-state index is 0.0785. The minimum atomic E-state index is -0.388. The van der Waals surface area contributed by atoms with Crippen molar-refractivity contribution in [3.8, 4) is 0 Å². The fourth-order valence-corrected chi connectivity index (χ4v) is 3.38. The maximum atomic E-state index is 12.7. The number of nitrogens with zero attached hydrogens (tertiary/aromatic N) is 2. The Morgan fingerprint density at radius 3 is 2.38 bits per heavy atom. The first-order chi connectivity index (χ1) is 11.5. The van der Waals surface area contributed by atoms with Crippen LogP contribution in [0.2, 0.25) is 10.0 Å². The van der Waals surface area contributed by atoms with Gasteiger partial charge in [-0.1, -0.05) is 41.4 Å². The van der Waals surface area contributed by atoms with Gasteiger partial charge >= 0.3 is 0 Å². The SMILES string of the molecule is CN(C(=O)C1CC(=O)N(c2cc(Cl)cc(Cl)c2)C1)c1ccccc1. The summed E-state index contributed by atoms with van der Waals surface area (Å²) in [5.74, 6) is -0.571. The molecule has 0 saturated carbocycles. The number of anilines is 2. The third-order valence-electron chi connectivity index (χ3n) is 4.11. The summed E-state index contributed by atoms with van der Waals surface area (Å²) >= 11 is 12.0. The van der Waals surface area contributed by atoms with Gasteiger partial charge in [-0.15, -0.1) is 0 Å². The van der Waals surface area contributed by atoms with Gasteiger partial charge in [-0.05, 0) is 30.3 Å². The van der Waals surface area contributed by atoms with Crippen LogP contribution >= 0.6 is 23.2 Å². The Balaban J connectivity index is 1.78. The number of rotatable bonds is 3. The quantitative estimate of drug-likeness (QED) is 0.827. The first-order valence-electron chi connectivity index (χ1n) is 7.55. The van der Waals surface area contributed by atoms with Gasteiger partial charge in [0.25, 0.3) is 0 Å². The van der Waals surface area contributed by atoms with Gasteiger partial charge in [0.1, 0.15) is 0 Å². The second kappa shape index (κ2) is 6.83. The molecule has 3 rings (SSSR count). The number of hydrogen-bond donors (Lipinski definition) is 0. The van der Waals surface area contributed by atoms with E-state index < -0.39 is 0 Å². The summed E-state index contributed by atoms with van der Waals surface area (Å²) in [5, 5.41) is 0.919. The van der Waals surface area contributed by atoms with Crippen LogP contribution in [0.4, 0.5) is 11.4 Å². The molecule has 4 nitrogen and oxygen atoms in total. The number of carbonyl (C=O) groups excluding carboxylic acids is 2. The molecule has 0 bridgehead atoms. The highest BCUT2D eigenvalue weighted by atomic mass is 35.5. The van der Waals surface area contributed by atoms with Crippen molar-refractivity contribution in [1.29, 1.82) is 0 Å². The zero-order valence-electron chi connectivity index (χ0n) is 13.1. The van der Waals surface area contributed by atoms with Crippen LogP contribution in [0.5, 0.6) is 0 Å². The molecule has 0 spiro atoms. The molecule has 6 heteroatoms. The Bertz CT molecular complexity index is 760. The molecule has 24 heavy (non-hydrogen) atoms. The molecule has 1 fully saturated rings. The van der Waals surface area contributed by atoms with E-state index in [0.29, 0.717) is 22.3 Å². The summed E-state index contributed by atoms with van der Waals surface area (Å²) in [5.41, 5.74) is 1.43. The van der Waals surface area contributed by atoms with Gasteiger partial charge in [0.15, 0.2) is 0 Å². The van der Waals surface area contributed by atoms with Gasteiger partial charge in [-0.3, -0.25) is 9.59 Å². The molecule has 0 aliphatic carbocycles. The fraction of sp³-hybridized carbons (Fsp3) is 0.222. The average molecular weight is 363 g/mol. The van der Waals surface area contributed by atoms with E-state index >= 15 is 0 Å². The highest BCUT2D eigenvalue weighted by molar-refractivity contribution is 6.35. The molecule has 1 aliphatic rings. The Morgan fingerprint density at radius 1 is 1.12 bits per heavy atom. The molecule has 0 N–H and O–H groups in total. The van der Waals surface area contributed by atoms with E-state index in [4.69, 9.17) is 23.2 Å². The van der Waals surface area contributed by atoms with Crippen molar-refractivity contribution in [2.24, 2.45) is 5.92 Å². The number of para-hydroxylation sites is 1. The second-order valence-electron chi connectivity index (χ2n) is 5.77. The molecular formula is C18H16Cl2N2O2. The predicted octanol–water partition coefficient (Wildman–Crippen LogP) is 4.01. The molecule has 2 amide bonds. The highest BCUT2D eigenvalue weighted by Gasteiger charge is 2.36. The van der Waals surface area contributed by atoms with Crippen LogP contribution in [0.1, 0.15) is 6.42 Å². The van der Waals surface area contributed by atoms with Crippen molar-refractivity contribution < 1.29 is 9.59 Å². The number of carbonyl (C=O) groups is 2. The monoisotopic (exact) mass is 362 g/mol. The van der Waals surface area contributed by atoms with Crippen LogP contribution in [0.25, 0.3) is 0 Å². The van der Waals surface area contributed by atoms with E-state index in [1.807, 2.05) is 30.3 Å². The molecule has 1 atom stereocenters. The molecule has 0 radical (unpaired) electrons. The summed E-state index contributed by atoms with van der Waals surface area (Å²) in [4.78, 5) is 28.2. The molecule has 2 aromatic rings. The lowest BCUT2D eigenvalue weighted by Gasteiger charge is -2.21. The van der Waals surface area contributed by atoms with Gasteiger partial charge in [-0.2, -0.15) is 0 Å². The number of hydrogen-bond acceptors (Lipinski definition) is 2. The zero-order valence-corrected chi connectivity index (χ0v) is 14.6. The number of benzene rings is 2. The van der Waals surface area contributed by atoms with E-state index in [1.54, 1.807) is 35.0 Å². The Morgan fingerprint density at radius 2 is 1.75 bits per heavy atom. The van der Waals surface area contributed by atoms with Crippen molar-refractivity contribution in [2.45, 2.75) is 6.42 Å². The predicted molar refractivity (Wildman–Crippen MR) is 96.8 cm³/mol. The summed E-state index contributed by atoms with van der Waals surface area (Å²) in [6.45, 7) is 0.325. The van der Waals surface area contributed by atoms with Crippen LogP contribution < -0.4 is 9.80 Å². The van der Waals surface area contributed by atoms with Crippen molar-refractivity contribution in [2.75, 3.05) is 23.4 Å². The topological polar surface area (TPSA) is 40.6 Å². The second-order valence-corrected chi connectivity index (χ2v) is 6.64. The highest BCUT2D eigenvalue weighted by Crippen LogP contribution is 2.31. The first-order valence-corrected chi connectivity index (χ1v) is 8.30. The van der Waals surface area contributed by atoms with Crippen molar-refractivity contribution in [3.05, 3.63) is 58.6 Å². The summed E-state index contributed by atoms with van der Waals surface area (Å²) in [7, 11) is 1.72. The van der Waals surface area contributed by atoms with Gasteiger partial charge in [0, 0.05) is 41.4 Å². The maximum Gasteiger partial charge on any atom is 0.232 e. The van der Waals surface area contributed by atoms with Crippen LogP contribution in [0, 0.1) is 5.92 Å². The molecule has 1 aliphatic heterocycles. The lowest BCUT2D eigenvalue weighted by atomic mass is 10.1. The van der Waals surface area contributed by atoms with E-state index in [1.165, 1.54) is 0 Å². The normalized spacial score (nSPS) is 17.2. The van der Waals surface area contributed by atoms with Crippen LogP contribution in [0.3, 0.4) is 0 Å². The van der Waals surface area contributed by atoms with E-state index in [0.717, 1.165) is 5.69 Å². The zero-order chi connectivity index (χ0) is 17.3. The molecule has 1 unspecified atom stereocenters. The van der Waals surface area contributed by atoms with Crippen molar-refractivity contribution in [3.63, 3.8) is 0 Å². The molecule has 1 heterocycles. The average Bonchev–Trinajstić information content (AvgIpc) is 2.95. The molecule has 124 valence electrons. The van der Waals surface area contributed by atoms with E-state index in [2.05, 4.69) is 0 Å².